The van der Waals surface area contributed by atoms with E-state index in [2.05, 4.69) is 23.6 Å². The van der Waals surface area contributed by atoms with Crippen LogP contribution in [-0.4, -0.2) is 72.5 Å². The first-order chi connectivity index (χ1) is 8.22. The van der Waals surface area contributed by atoms with Crippen LogP contribution in [0, 0.1) is 0 Å². The molecule has 0 bridgehead atoms. The van der Waals surface area contributed by atoms with E-state index < -0.39 is 0 Å². The van der Waals surface area contributed by atoms with Crippen LogP contribution in [0.5, 0.6) is 0 Å². The molecule has 2 rings (SSSR count). The number of rotatable bonds is 3. The quantitative estimate of drug-likeness (QED) is 0.723. The Morgan fingerprint density at radius 1 is 1.06 bits per heavy atom. The molecule has 4 nitrogen and oxygen atoms in total. The molecule has 0 aliphatic carbocycles. The zero-order chi connectivity index (χ0) is 12.3. The van der Waals surface area contributed by atoms with Crippen LogP contribution in [0.4, 0.5) is 0 Å². The number of hydrogen-bond donors (Lipinski definition) is 0. The number of piperazine rings is 1. The van der Waals surface area contributed by atoms with Gasteiger partial charge in [0.05, 0.1) is 6.04 Å². The van der Waals surface area contributed by atoms with Crippen molar-refractivity contribution in [2.24, 2.45) is 0 Å². The molecule has 0 radical (unpaired) electrons. The Morgan fingerprint density at radius 3 is 2.18 bits per heavy atom. The number of carbonyl (C=O) groups excluding carboxylic acids is 1. The molecule has 0 aromatic heterocycles. The maximum atomic E-state index is 12.3. The summed E-state index contributed by atoms with van der Waals surface area (Å²) < 4.78 is 0. The molecule has 2 fully saturated rings. The van der Waals surface area contributed by atoms with Crippen molar-refractivity contribution in [3.63, 3.8) is 0 Å². The van der Waals surface area contributed by atoms with Crippen molar-refractivity contribution < 1.29 is 4.79 Å². The van der Waals surface area contributed by atoms with E-state index in [0.29, 0.717) is 5.91 Å². The van der Waals surface area contributed by atoms with E-state index in [0.717, 1.165) is 45.8 Å². The van der Waals surface area contributed by atoms with E-state index in [4.69, 9.17) is 0 Å². The van der Waals surface area contributed by atoms with Gasteiger partial charge in [-0.3, -0.25) is 9.69 Å². The Bertz CT molecular complexity index is 255. The molecule has 2 heterocycles. The van der Waals surface area contributed by atoms with Gasteiger partial charge in [0, 0.05) is 39.3 Å². The van der Waals surface area contributed by atoms with Gasteiger partial charge in [-0.2, -0.15) is 0 Å². The summed E-state index contributed by atoms with van der Waals surface area (Å²) in [6, 6.07) is 0.0760. The number of nitrogens with zero attached hydrogens (tertiary/aromatic N) is 3. The molecule has 1 atom stereocenters. The summed E-state index contributed by atoms with van der Waals surface area (Å²) in [5, 5.41) is 0. The monoisotopic (exact) mass is 239 g/mol. The summed E-state index contributed by atoms with van der Waals surface area (Å²) in [5.41, 5.74) is 0. The highest BCUT2D eigenvalue weighted by Gasteiger charge is 2.29. The van der Waals surface area contributed by atoms with Crippen LogP contribution in [0.25, 0.3) is 0 Å². The first kappa shape index (κ1) is 12.8. The van der Waals surface area contributed by atoms with Gasteiger partial charge in [0.2, 0.25) is 5.91 Å². The molecule has 0 saturated carbocycles. The average Bonchev–Trinajstić information content (AvgIpc) is 2.91. The van der Waals surface area contributed by atoms with Crippen LogP contribution in [0.2, 0.25) is 0 Å². The van der Waals surface area contributed by atoms with E-state index in [1.165, 1.54) is 12.8 Å². The van der Waals surface area contributed by atoms with E-state index in [1.54, 1.807) is 0 Å². The van der Waals surface area contributed by atoms with Gasteiger partial charge in [-0.15, -0.1) is 0 Å². The minimum atomic E-state index is 0.0760. The molecule has 1 amide bonds. The summed E-state index contributed by atoms with van der Waals surface area (Å²) in [6.45, 7) is 11.6. The van der Waals surface area contributed by atoms with Gasteiger partial charge >= 0.3 is 0 Å². The SMILES string of the molecule is CCN1CCN(C(C)C(=O)N2CCCC2)CC1. The second kappa shape index (κ2) is 5.83. The number of hydrogen-bond acceptors (Lipinski definition) is 3. The van der Waals surface area contributed by atoms with Gasteiger partial charge in [-0.25, -0.2) is 0 Å². The molecule has 0 N–H and O–H groups in total. The molecule has 17 heavy (non-hydrogen) atoms. The molecule has 1 unspecified atom stereocenters. The summed E-state index contributed by atoms with van der Waals surface area (Å²) in [7, 11) is 0. The van der Waals surface area contributed by atoms with Crippen molar-refractivity contribution >= 4 is 5.91 Å². The zero-order valence-corrected chi connectivity index (χ0v) is 11.2. The standard InChI is InChI=1S/C13H25N3O/c1-3-14-8-10-15(11-9-14)12(2)13(17)16-6-4-5-7-16/h12H,3-11H2,1-2H3. The summed E-state index contributed by atoms with van der Waals surface area (Å²) >= 11 is 0. The highest BCUT2D eigenvalue weighted by Crippen LogP contribution is 2.13. The second-order valence-corrected chi connectivity index (χ2v) is 5.18. The first-order valence-corrected chi connectivity index (χ1v) is 6.97. The van der Waals surface area contributed by atoms with Gasteiger partial charge in [-0.05, 0) is 26.3 Å². The van der Waals surface area contributed by atoms with E-state index in [-0.39, 0.29) is 6.04 Å². The molecular weight excluding hydrogens is 214 g/mol. The topological polar surface area (TPSA) is 26.8 Å². The third-order valence-corrected chi connectivity index (χ3v) is 4.18. The lowest BCUT2D eigenvalue weighted by Crippen LogP contribution is -2.54. The third kappa shape index (κ3) is 2.99. The predicted molar refractivity (Wildman–Crippen MR) is 69.0 cm³/mol. The first-order valence-electron chi connectivity index (χ1n) is 6.97. The Morgan fingerprint density at radius 2 is 1.65 bits per heavy atom. The van der Waals surface area contributed by atoms with E-state index >= 15 is 0 Å². The molecule has 4 heteroatoms. The van der Waals surface area contributed by atoms with Gasteiger partial charge < -0.3 is 9.80 Å². The van der Waals surface area contributed by atoms with Crippen molar-refractivity contribution in [1.82, 2.24) is 14.7 Å². The minimum Gasteiger partial charge on any atom is -0.341 e. The lowest BCUT2D eigenvalue weighted by atomic mass is 10.2. The van der Waals surface area contributed by atoms with Gasteiger partial charge in [0.1, 0.15) is 0 Å². The zero-order valence-electron chi connectivity index (χ0n) is 11.2. The van der Waals surface area contributed by atoms with Gasteiger partial charge in [0.15, 0.2) is 0 Å². The highest BCUT2D eigenvalue weighted by molar-refractivity contribution is 5.81. The fraction of sp³-hybridized carbons (Fsp3) is 0.923. The van der Waals surface area contributed by atoms with Crippen molar-refractivity contribution in [1.29, 1.82) is 0 Å². The van der Waals surface area contributed by atoms with Crippen LogP contribution in [0.1, 0.15) is 26.7 Å². The smallest absolute Gasteiger partial charge is 0.239 e. The minimum absolute atomic E-state index is 0.0760. The second-order valence-electron chi connectivity index (χ2n) is 5.18. The van der Waals surface area contributed by atoms with Crippen LogP contribution in [-0.2, 0) is 4.79 Å². The number of likely N-dealkylation sites (tertiary alicyclic amines) is 1. The summed E-state index contributed by atoms with van der Waals surface area (Å²) in [5.74, 6) is 0.340. The Kier molecular flexibility index (Phi) is 4.40. The van der Waals surface area contributed by atoms with Crippen molar-refractivity contribution in [3.8, 4) is 0 Å². The molecule has 98 valence electrons. The van der Waals surface area contributed by atoms with Gasteiger partial charge in [0.25, 0.3) is 0 Å². The molecule has 2 aliphatic rings. The number of amides is 1. The van der Waals surface area contributed by atoms with Gasteiger partial charge in [-0.1, -0.05) is 6.92 Å². The van der Waals surface area contributed by atoms with Crippen molar-refractivity contribution in [2.45, 2.75) is 32.7 Å². The molecule has 0 aromatic carbocycles. The Balaban J connectivity index is 1.83. The third-order valence-electron chi connectivity index (χ3n) is 4.18. The Labute approximate surface area is 105 Å². The van der Waals surface area contributed by atoms with E-state index in [1.807, 2.05) is 4.90 Å². The van der Waals surface area contributed by atoms with Crippen molar-refractivity contribution in [2.75, 3.05) is 45.8 Å². The summed E-state index contributed by atoms with van der Waals surface area (Å²) in [4.78, 5) is 19.1. The maximum absolute atomic E-state index is 12.3. The number of likely N-dealkylation sites (N-methyl/N-ethyl adjacent to an activating group) is 1. The lowest BCUT2D eigenvalue weighted by Gasteiger charge is -2.38. The predicted octanol–water partition coefficient (Wildman–Crippen LogP) is 0.635. The lowest BCUT2D eigenvalue weighted by molar-refractivity contribution is -0.136. The van der Waals surface area contributed by atoms with E-state index in [9.17, 15) is 4.79 Å². The number of carbonyl (C=O) groups is 1. The maximum Gasteiger partial charge on any atom is 0.239 e. The van der Waals surface area contributed by atoms with Crippen molar-refractivity contribution in [3.05, 3.63) is 0 Å². The average molecular weight is 239 g/mol. The van der Waals surface area contributed by atoms with Crippen LogP contribution in [0.3, 0.4) is 0 Å². The summed E-state index contributed by atoms with van der Waals surface area (Å²) in [6.07, 6.45) is 2.37. The molecule has 0 aromatic rings. The normalized spacial score (nSPS) is 25.2. The molecule has 2 saturated heterocycles. The highest BCUT2D eigenvalue weighted by atomic mass is 16.2. The largest absolute Gasteiger partial charge is 0.341 e. The van der Waals surface area contributed by atoms with Crippen LogP contribution in [0.15, 0.2) is 0 Å². The fourth-order valence-electron chi connectivity index (χ4n) is 2.82. The molecular formula is C13H25N3O. The van der Waals surface area contributed by atoms with Crippen LogP contribution >= 0.6 is 0 Å². The Hall–Kier alpha value is -0.610. The fourth-order valence-corrected chi connectivity index (χ4v) is 2.82. The molecule has 2 aliphatic heterocycles. The van der Waals surface area contributed by atoms with Crippen LogP contribution < -0.4 is 0 Å². The molecule has 0 spiro atoms.